The Labute approximate surface area is 232 Å². The first-order valence-corrected chi connectivity index (χ1v) is 13.1. The van der Waals surface area contributed by atoms with Gasteiger partial charge < -0.3 is 30.5 Å². The van der Waals surface area contributed by atoms with E-state index >= 15 is 0 Å². The molecule has 11 nitrogen and oxygen atoms in total. The van der Waals surface area contributed by atoms with E-state index in [9.17, 15) is 19.2 Å². The van der Waals surface area contributed by atoms with Gasteiger partial charge in [0.2, 0.25) is 5.91 Å². The van der Waals surface area contributed by atoms with Gasteiger partial charge in [0.05, 0.1) is 23.3 Å². The Kier molecular flexibility index (Phi) is 8.52. The van der Waals surface area contributed by atoms with Crippen molar-refractivity contribution in [1.82, 2.24) is 25.4 Å². The molecule has 0 atom stereocenters. The van der Waals surface area contributed by atoms with Gasteiger partial charge in [0.1, 0.15) is 5.60 Å². The quantitative estimate of drug-likeness (QED) is 0.433. The van der Waals surface area contributed by atoms with Gasteiger partial charge in [-0.05, 0) is 51.1 Å². The lowest BCUT2D eigenvalue weighted by Gasteiger charge is -2.35. The van der Waals surface area contributed by atoms with Gasteiger partial charge in [0.15, 0.2) is 0 Å². The van der Waals surface area contributed by atoms with Gasteiger partial charge in [0, 0.05) is 56.1 Å². The van der Waals surface area contributed by atoms with Crippen molar-refractivity contribution >= 4 is 46.1 Å². The molecule has 0 saturated carbocycles. The number of pyridine rings is 1. The topological polar surface area (TPSA) is 133 Å². The number of nitrogens with zero attached hydrogens (tertiary/aromatic N) is 3. The van der Waals surface area contributed by atoms with Crippen LogP contribution >= 0.6 is 0 Å². The second-order valence-corrected chi connectivity index (χ2v) is 10.4. The molecule has 1 aliphatic heterocycles. The molecule has 0 aliphatic carbocycles. The lowest BCUT2D eigenvalue weighted by Crippen LogP contribution is -2.53. The Bertz CT molecular complexity index is 1410. The fraction of sp³-hybridized carbons (Fsp3) is 0.345. The highest BCUT2D eigenvalue weighted by Crippen LogP contribution is 2.30. The largest absolute Gasteiger partial charge is 0.444 e. The Morgan fingerprint density at radius 3 is 2.25 bits per heavy atom. The van der Waals surface area contributed by atoms with Crippen LogP contribution < -0.4 is 16.0 Å². The molecular formula is C29H34N6O5. The molecule has 210 valence electrons. The van der Waals surface area contributed by atoms with E-state index in [2.05, 4.69) is 20.9 Å². The number of fused-ring (bicyclic) bond motifs is 1. The van der Waals surface area contributed by atoms with Crippen molar-refractivity contribution in [1.29, 1.82) is 0 Å². The van der Waals surface area contributed by atoms with Crippen molar-refractivity contribution in [3.05, 3.63) is 65.9 Å². The molecule has 40 heavy (non-hydrogen) atoms. The molecule has 0 radical (unpaired) electrons. The summed E-state index contributed by atoms with van der Waals surface area (Å²) in [4.78, 5) is 58.2. The number of amides is 4. The lowest BCUT2D eigenvalue weighted by atomic mass is 10.0. The van der Waals surface area contributed by atoms with E-state index in [1.807, 2.05) is 30.3 Å². The van der Waals surface area contributed by atoms with Crippen LogP contribution in [0, 0.1) is 0 Å². The van der Waals surface area contributed by atoms with Gasteiger partial charge in [-0.3, -0.25) is 19.4 Å². The third kappa shape index (κ3) is 6.85. The average molecular weight is 547 g/mol. The molecule has 0 unspecified atom stereocenters. The summed E-state index contributed by atoms with van der Waals surface area (Å²) in [5.41, 5.74) is 1.95. The van der Waals surface area contributed by atoms with Crippen LogP contribution in [0.4, 0.5) is 16.2 Å². The van der Waals surface area contributed by atoms with E-state index in [0.29, 0.717) is 53.9 Å². The van der Waals surface area contributed by atoms with E-state index in [-0.39, 0.29) is 18.4 Å². The zero-order valence-electron chi connectivity index (χ0n) is 23.1. The fourth-order valence-corrected chi connectivity index (χ4v) is 4.28. The Hall–Kier alpha value is -4.67. The van der Waals surface area contributed by atoms with Crippen molar-refractivity contribution < 1.29 is 23.9 Å². The van der Waals surface area contributed by atoms with Crippen LogP contribution in [-0.2, 0) is 9.53 Å². The molecule has 0 bridgehead atoms. The first-order chi connectivity index (χ1) is 19.1. The minimum atomic E-state index is -0.588. The maximum atomic E-state index is 13.0. The number of hydrogen-bond acceptors (Lipinski definition) is 7. The van der Waals surface area contributed by atoms with Gasteiger partial charge in [0.25, 0.3) is 11.8 Å². The van der Waals surface area contributed by atoms with E-state index in [0.717, 1.165) is 5.69 Å². The Morgan fingerprint density at radius 2 is 1.60 bits per heavy atom. The van der Waals surface area contributed by atoms with Crippen LogP contribution in [0.5, 0.6) is 0 Å². The highest BCUT2D eigenvalue weighted by molar-refractivity contribution is 6.09. The number of hydrogen-bond donors (Lipinski definition) is 3. The maximum absolute atomic E-state index is 13.0. The summed E-state index contributed by atoms with van der Waals surface area (Å²) in [6.07, 6.45) is 1.09. The highest BCUT2D eigenvalue weighted by Gasteiger charge is 2.28. The second-order valence-electron chi connectivity index (χ2n) is 10.4. The number of ether oxygens (including phenoxy) is 1. The first kappa shape index (κ1) is 28.3. The van der Waals surface area contributed by atoms with E-state index in [1.165, 1.54) is 13.2 Å². The number of anilines is 2. The van der Waals surface area contributed by atoms with E-state index < -0.39 is 17.6 Å². The smallest absolute Gasteiger partial charge is 0.410 e. The number of rotatable bonds is 6. The third-order valence-corrected chi connectivity index (χ3v) is 6.33. The van der Waals surface area contributed by atoms with Crippen molar-refractivity contribution in [3.8, 4) is 0 Å². The van der Waals surface area contributed by atoms with Crippen LogP contribution in [-0.4, -0.2) is 84.0 Å². The van der Waals surface area contributed by atoms with Gasteiger partial charge in [-0.25, -0.2) is 4.79 Å². The third-order valence-electron chi connectivity index (χ3n) is 6.33. The van der Waals surface area contributed by atoms with Crippen LogP contribution in [0.15, 0.2) is 54.7 Å². The molecule has 0 spiro atoms. The first-order valence-electron chi connectivity index (χ1n) is 13.1. The Balaban J connectivity index is 1.44. The fourth-order valence-electron chi connectivity index (χ4n) is 4.28. The molecule has 2 heterocycles. The highest BCUT2D eigenvalue weighted by atomic mass is 16.6. The zero-order valence-corrected chi connectivity index (χ0v) is 23.1. The number of carbonyl (C=O) groups excluding carboxylic acids is 4. The van der Waals surface area contributed by atoms with Crippen LogP contribution in [0.2, 0.25) is 0 Å². The summed E-state index contributed by atoms with van der Waals surface area (Å²) in [7, 11) is 1.54. The average Bonchev–Trinajstić information content (AvgIpc) is 2.95. The van der Waals surface area contributed by atoms with Crippen molar-refractivity contribution in [2.45, 2.75) is 26.4 Å². The van der Waals surface area contributed by atoms with Gasteiger partial charge in [-0.1, -0.05) is 18.2 Å². The molecule has 1 aromatic heterocycles. The summed E-state index contributed by atoms with van der Waals surface area (Å²) in [6.45, 7) is 6.66. The molecule has 4 amide bonds. The molecule has 4 rings (SSSR count). The van der Waals surface area contributed by atoms with Gasteiger partial charge in [-0.2, -0.15) is 0 Å². The molecule has 1 fully saturated rings. The van der Waals surface area contributed by atoms with Gasteiger partial charge in [-0.15, -0.1) is 0 Å². The number of nitrogens with one attached hydrogen (secondary N) is 3. The number of piperazine rings is 1. The minimum Gasteiger partial charge on any atom is -0.444 e. The molecule has 1 saturated heterocycles. The molecule has 3 aromatic rings. The molecule has 11 heteroatoms. The van der Waals surface area contributed by atoms with Crippen molar-refractivity contribution in [2.75, 3.05) is 45.1 Å². The number of para-hydroxylation sites is 1. The summed E-state index contributed by atoms with van der Waals surface area (Å²) >= 11 is 0. The summed E-state index contributed by atoms with van der Waals surface area (Å²) in [5, 5.41) is 9.18. The van der Waals surface area contributed by atoms with Crippen LogP contribution in [0.3, 0.4) is 0 Å². The molecule has 3 N–H and O–H groups in total. The number of aromatic nitrogens is 1. The van der Waals surface area contributed by atoms with E-state index in [1.54, 1.807) is 48.8 Å². The molecular weight excluding hydrogens is 512 g/mol. The monoisotopic (exact) mass is 546 g/mol. The van der Waals surface area contributed by atoms with Crippen molar-refractivity contribution in [2.24, 2.45) is 0 Å². The van der Waals surface area contributed by atoms with Crippen LogP contribution in [0.1, 0.15) is 41.5 Å². The normalized spacial score (nSPS) is 13.5. The molecule has 1 aliphatic rings. The predicted octanol–water partition coefficient (Wildman–Crippen LogP) is 3.15. The number of benzene rings is 2. The van der Waals surface area contributed by atoms with E-state index in [4.69, 9.17) is 4.74 Å². The standard InChI is InChI=1S/C29H34N6O5/c1-29(2,3)40-28(39)35-14-12-34(13-15-35)24(36)18-32-26(37)19-10-11-23-21(16-19)25(22(17-31-23)27(38)30-4)33-20-8-6-5-7-9-20/h5-11,16-17H,12-15,18H2,1-4H3,(H,30,38)(H,31,33)(H,32,37). The zero-order chi connectivity index (χ0) is 28.9. The summed E-state index contributed by atoms with van der Waals surface area (Å²) in [5.74, 6) is -0.994. The summed E-state index contributed by atoms with van der Waals surface area (Å²) in [6, 6.07) is 14.4. The lowest BCUT2D eigenvalue weighted by molar-refractivity contribution is -0.131. The maximum Gasteiger partial charge on any atom is 0.410 e. The SMILES string of the molecule is CNC(=O)c1cnc2ccc(C(=O)NCC(=O)N3CCN(C(=O)OC(C)(C)C)CC3)cc2c1Nc1ccccc1. The molecule has 2 aromatic carbocycles. The second kappa shape index (κ2) is 12.0. The Morgan fingerprint density at radius 1 is 0.925 bits per heavy atom. The minimum absolute atomic E-state index is 0.186. The number of carbonyl (C=O) groups is 4. The van der Waals surface area contributed by atoms with Crippen LogP contribution in [0.25, 0.3) is 10.9 Å². The van der Waals surface area contributed by atoms with Gasteiger partial charge >= 0.3 is 6.09 Å². The van der Waals surface area contributed by atoms with Crippen molar-refractivity contribution in [3.63, 3.8) is 0 Å². The summed E-state index contributed by atoms with van der Waals surface area (Å²) < 4.78 is 5.40. The predicted molar refractivity (Wildman–Crippen MR) is 152 cm³/mol.